The predicted molar refractivity (Wildman–Crippen MR) is 50.9 cm³/mol. The molecule has 0 saturated carbocycles. The van der Waals surface area contributed by atoms with Crippen LogP contribution in [0.25, 0.3) is 0 Å². The second-order valence-corrected chi connectivity index (χ2v) is 3.46. The summed E-state index contributed by atoms with van der Waals surface area (Å²) in [6.07, 6.45) is 2.62. The molecule has 2 rings (SSSR count). The van der Waals surface area contributed by atoms with Gasteiger partial charge in [-0.2, -0.15) is 0 Å². The summed E-state index contributed by atoms with van der Waals surface area (Å²) >= 11 is 0. The first-order valence-corrected chi connectivity index (χ1v) is 4.53. The van der Waals surface area contributed by atoms with Gasteiger partial charge in [-0.25, -0.2) is 9.97 Å². The molecule has 0 amide bonds. The average molecular weight is 178 g/mol. The number of fused-ring (bicyclic) bond motifs is 1. The Bertz CT molecular complexity index is 323. The normalized spacial score (nSPS) is 21.8. The van der Waals surface area contributed by atoms with Crippen LogP contribution in [-0.4, -0.2) is 21.9 Å². The van der Waals surface area contributed by atoms with E-state index in [9.17, 15) is 0 Å². The molecule has 1 aromatic rings. The van der Waals surface area contributed by atoms with Gasteiger partial charge in [-0.05, 0) is 13.5 Å². The molecule has 0 aromatic carbocycles. The summed E-state index contributed by atoms with van der Waals surface area (Å²) in [5, 5.41) is 0. The molecule has 70 valence electrons. The van der Waals surface area contributed by atoms with Gasteiger partial charge >= 0.3 is 0 Å². The van der Waals surface area contributed by atoms with Crippen molar-refractivity contribution in [2.75, 3.05) is 12.8 Å². The van der Waals surface area contributed by atoms with Crippen LogP contribution in [0.2, 0.25) is 0 Å². The van der Waals surface area contributed by atoms with Crippen molar-refractivity contribution in [3.63, 3.8) is 0 Å². The summed E-state index contributed by atoms with van der Waals surface area (Å²) in [4.78, 5) is 10.5. The van der Waals surface area contributed by atoms with Crippen LogP contribution in [0.5, 0.6) is 0 Å². The number of aromatic nitrogens is 2. The molecule has 2 N–H and O–H groups in total. The molecule has 2 heterocycles. The Morgan fingerprint density at radius 3 is 3.08 bits per heavy atom. The third-order valence-corrected chi connectivity index (χ3v) is 2.65. The molecule has 1 atom stereocenters. The number of nitrogens with two attached hydrogens (primary N) is 1. The standard InChI is InChI=1S/C9H14N4/c1-3-7-8-6(4-13(7)2)9(10)12-5-11-8/h5,7H,3-4H2,1-2H3,(H2,10,11,12). The topological polar surface area (TPSA) is 55.0 Å². The van der Waals surface area contributed by atoms with Crippen LogP contribution < -0.4 is 5.73 Å². The highest BCUT2D eigenvalue weighted by molar-refractivity contribution is 5.44. The van der Waals surface area contributed by atoms with Gasteiger partial charge in [-0.15, -0.1) is 0 Å². The SMILES string of the molecule is CCC1c2ncnc(N)c2CN1C. The van der Waals surface area contributed by atoms with Crippen LogP contribution in [0.4, 0.5) is 5.82 Å². The highest BCUT2D eigenvalue weighted by Crippen LogP contribution is 2.34. The predicted octanol–water partition coefficient (Wildman–Crippen LogP) is 0.955. The van der Waals surface area contributed by atoms with E-state index in [1.807, 2.05) is 0 Å². The van der Waals surface area contributed by atoms with Crippen LogP contribution in [-0.2, 0) is 6.54 Å². The first-order chi connectivity index (χ1) is 6.24. The number of hydrogen-bond acceptors (Lipinski definition) is 4. The van der Waals surface area contributed by atoms with Crippen molar-refractivity contribution in [1.82, 2.24) is 14.9 Å². The smallest absolute Gasteiger partial charge is 0.131 e. The molecular weight excluding hydrogens is 164 g/mol. The fourth-order valence-corrected chi connectivity index (χ4v) is 1.96. The summed E-state index contributed by atoms with van der Waals surface area (Å²) in [7, 11) is 2.09. The van der Waals surface area contributed by atoms with Gasteiger partial charge in [-0.3, -0.25) is 4.90 Å². The van der Waals surface area contributed by atoms with E-state index in [4.69, 9.17) is 5.73 Å². The largest absolute Gasteiger partial charge is 0.383 e. The highest BCUT2D eigenvalue weighted by atomic mass is 15.2. The number of nitrogen functional groups attached to an aromatic ring is 1. The minimum Gasteiger partial charge on any atom is -0.383 e. The Balaban J connectivity index is 2.48. The van der Waals surface area contributed by atoms with Gasteiger partial charge in [0.05, 0.1) is 11.7 Å². The maximum absolute atomic E-state index is 5.77. The minimum absolute atomic E-state index is 0.417. The van der Waals surface area contributed by atoms with E-state index < -0.39 is 0 Å². The molecule has 0 aliphatic carbocycles. The molecule has 0 saturated heterocycles. The molecule has 1 unspecified atom stereocenters. The van der Waals surface area contributed by atoms with E-state index in [2.05, 4.69) is 28.8 Å². The summed E-state index contributed by atoms with van der Waals surface area (Å²) in [5.74, 6) is 0.632. The van der Waals surface area contributed by atoms with E-state index in [-0.39, 0.29) is 0 Å². The monoisotopic (exact) mass is 178 g/mol. The van der Waals surface area contributed by atoms with Crippen molar-refractivity contribution >= 4 is 5.82 Å². The summed E-state index contributed by atoms with van der Waals surface area (Å²) in [6, 6.07) is 0.417. The van der Waals surface area contributed by atoms with E-state index in [0.29, 0.717) is 11.9 Å². The zero-order valence-corrected chi connectivity index (χ0v) is 7.99. The number of nitrogens with zero attached hydrogens (tertiary/aromatic N) is 3. The number of hydrogen-bond donors (Lipinski definition) is 1. The van der Waals surface area contributed by atoms with Crippen LogP contribution in [0.3, 0.4) is 0 Å². The lowest BCUT2D eigenvalue weighted by atomic mass is 10.1. The molecule has 13 heavy (non-hydrogen) atoms. The van der Waals surface area contributed by atoms with Gasteiger partial charge in [0.2, 0.25) is 0 Å². The molecule has 1 aromatic heterocycles. The average Bonchev–Trinajstić information content (AvgIpc) is 2.43. The van der Waals surface area contributed by atoms with E-state index in [1.54, 1.807) is 6.33 Å². The van der Waals surface area contributed by atoms with Crippen molar-refractivity contribution in [3.8, 4) is 0 Å². The quantitative estimate of drug-likeness (QED) is 0.695. The fraction of sp³-hybridized carbons (Fsp3) is 0.556. The van der Waals surface area contributed by atoms with Crippen molar-refractivity contribution in [1.29, 1.82) is 0 Å². The summed E-state index contributed by atoms with van der Waals surface area (Å²) in [5.41, 5.74) is 7.99. The van der Waals surface area contributed by atoms with Gasteiger partial charge in [0.15, 0.2) is 0 Å². The Kier molecular flexibility index (Phi) is 1.92. The highest BCUT2D eigenvalue weighted by Gasteiger charge is 2.29. The van der Waals surface area contributed by atoms with Gasteiger partial charge in [-0.1, -0.05) is 6.92 Å². The maximum atomic E-state index is 5.77. The lowest BCUT2D eigenvalue weighted by Crippen LogP contribution is -2.15. The van der Waals surface area contributed by atoms with Gasteiger partial charge in [0.1, 0.15) is 12.1 Å². The molecule has 0 radical (unpaired) electrons. The molecule has 0 bridgehead atoms. The second kappa shape index (κ2) is 2.96. The third-order valence-electron chi connectivity index (χ3n) is 2.65. The molecule has 4 nitrogen and oxygen atoms in total. The Labute approximate surface area is 77.8 Å². The molecule has 0 spiro atoms. The Morgan fingerprint density at radius 2 is 2.38 bits per heavy atom. The van der Waals surface area contributed by atoms with Crippen molar-refractivity contribution in [2.45, 2.75) is 25.9 Å². The third kappa shape index (κ3) is 1.18. The maximum Gasteiger partial charge on any atom is 0.131 e. The molecule has 1 aliphatic heterocycles. The number of anilines is 1. The van der Waals surface area contributed by atoms with Crippen LogP contribution in [0, 0.1) is 0 Å². The molecular formula is C9H14N4. The van der Waals surface area contributed by atoms with Crippen molar-refractivity contribution in [3.05, 3.63) is 17.6 Å². The second-order valence-electron chi connectivity index (χ2n) is 3.46. The van der Waals surface area contributed by atoms with Crippen molar-refractivity contribution in [2.24, 2.45) is 0 Å². The molecule has 4 heteroatoms. The summed E-state index contributed by atoms with van der Waals surface area (Å²) in [6.45, 7) is 3.04. The first kappa shape index (κ1) is 8.44. The van der Waals surface area contributed by atoms with E-state index >= 15 is 0 Å². The van der Waals surface area contributed by atoms with Gasteiger partial charge in [0.25, 0.3) is 0 Å². The first-order valence-electron chi connectivity index (χ1n) is 4.53. The van der Waals surface area contributed by atoms with Crippen LogP contribution in [0.1, 0.15) is 30.6 Å². The Morgan fingerprint density at radius 1 is 1.62 bits per heavy atom. The lowest BCUT2D eigenvalue weighted by molar-refractivity contribution is 0.259. The molecule has 1 aliphatic rings. The zero-order valence-electron chi connectivity index (χ0n) is 7.99. The fourth-order valence-electron chi connectivity index (χ4n) is 1.96. The Hall–Kier alpha value is -1.16. The van der Waals surface area contributed by atoms with Gasteiger partial charge in [0, 0.05) is 12.1 Å². The zero-order chi connectivity index (χ0) is 9.42. The van der Waals surface area contributed by atoms with E-state index in [0.717, 1.165) is 24.2 Å². The van der Waals surface area contributed by atoms with E-state index in [1.165, 1.54) is 0 Å². The minimum atomic E-state index is 0.417. The van der Waals surface area contributed by atoms with Crippen LogP contribution in [0.15, 0.2) is 6.33 Å². The lowest BCUT2D eigenvalue weighted by Gasteiger charge is -2.16. The van der Waals surface area contributed by atoms with Crippen molar-refractivity contribution < 1.29 is 0 Å². The number of rotatable bonds is 1. The molecule has 0 fully saturated rings. The van der Waals surface area contributed by atoms with Gasteiger partial charge < -0.3 is 5.73 Å². The van der Waals surface area contributed by atoms with Crippen LogP contribution >= 0.6 is 0 Å². The summed E-state index contributed by atoms with van der Waals surface area (Å²) < 4.78 is 0.